The number of rotatable bonds is 5. The van der Waals surface area contributed by atoms with Gasteiger partial charge in [-0.15, -0.1) is 0 Å². The third-order valence-electron chi connectivity index (χ3n) is 4.69. The fraction of sp³-hybridized carbons (Fsp3) is 0.588. The van der Waals surface area contributed by atoms with Crippen LogP contribution in [0.4, 0.5) is 0 Å². The summed E-state index contributed by atoms with van der Waals surface area (Å²) in [5.41, 5.74) is 0.312. The lowest BCUT2D eigenvalue weighted by Crippen LogP contribution is -2.69. The van der Waals surface area contributed by atoms with E-state index in [1.54, 1.807) is 31.4 Å². The van der Waals surface area contributed by atoms with Crippen LogP contribution in [0.3, 0.4) is 0 Å². The van der Waals surface area contributed by atoms with Crippen molar-refractivity contribution in [3.8, 4) is 5.75 Å². The summed E-state index contributed by atoms with van der Waals surface area (Å²) in [6.07, 6.45) is 2.89. The lowest BCUT2D eigenvalue weighted by molar-refractivity contribution is -0.194. The number of ether oxygens (including phenoxy) is 3. The van der Waals surface area contributed by atoms with Gasteiger partial charge < -0.3 is 19.5 Å². The Kier molecular flexibility index (Phi) is 4.36. The molecule has 120 valence electrons. The minimum Gasteiger partial charge on any atom is -0.497 e. The standard InChI is InChI=1S/C17H23NO4/c1-3-21-15-11-14(17(15)9-4-10-22-17)18-16(19)12-5-7-13(20-2)8-6-12/h5-8,14-15H,3-4,9-11H2,1-2H3,(H,18,19)/t14-,15-,17+/m1/s1. The van der Waals surface area contributed by atoms with E-state index in [1.165, 1.54) is 0 Å². The van der Waals surface area contributed by atoms with Crippen LogP contribution in [0.15, 0.2) is 24.3 Å². The Hall–Kier alpha value is -1.59. The quantitative estimate of drug-likeness (QED) is 0.905. The fourth-order valence-electron chi connectivity index (χ4n) is 3.46. The molecule has 1 aromatic rings. The van der Waals surface area contributed by atoms with E-state index in [1.807, 2.05) is 6.92 Å². The zero-order valence-corrected chi connectivity index (χ0v) is 13.1. The van der Waals surface area contributed by atoms with Gasteiger partial charge in [0, 0.05) is 18.8 Å². The second kappa shape index (κ2) is 6.26. The third kappa shape index (κ3) is 2.59. The van der Waals surface area contributed by atoms with E-state index in [2.05, 4.69) is 5.32 Å². The Morgan fingerprint density at radius 1 is 1.41 bits per heavy atom. The van der Waals surface area contributed by atoms with Crippen LogP contribution in [-0.4, -0.2) is 44.0 Å². The number of hydrogen-bond acceptors (Lipinski definition) is 4. The van der Waals surface area contributed by atoms with Crippen LogP contribution in [0.25, 0.3) is 0 Å². The van der Waals surface area contributed by atoms with Crippen LogP contribution >= 0.6 is 0 Å². The number of carbonyl (C=O) groups is 1. The lowest BCUT2D eigenvalue weighted by Gasteiger charge is -2.52. The van der Waals surface area contributed by atoms with Crippen molar-refractivity contribution in [1.82, 2.24) is 5.32 Å². The molecule has 1 amide bonds. The topological polar surface area (TPSA) is 56.8 Å². The molecule has 1 aromatic carbocycles. The predicted octanol–water partition coefficient (Wildman–Crippen LogP) is 2.15. The third-order valence-corrected chi connectivity index (χ3v) is 4.69. The zero-order chi connectivity index (χ0) is 15.6. The molecule has 5 heteroatoms. The van der Waals surface area contributed by atoms with Crippen molar-refractivity contribution in [3.63, 3.8) is 0 Å². The average Bonchev–Trinajstić information content (AvgIpc) is 3.06. The molecule has 2 aliphatic rings. The maximum absolute atomic E-state index is 12.4. The number of amides is 1. The first-order chi connectivity index (χ1) is 10.7. The highest BCUT2D eigenvalue weighted by Gasteiger charge is 2.59. The second-order valence-corrected chi connectivity index (χ2v) is 5.84. The van der Waals surface area contributed by atoms with Crippen molar-refractivity contribution >= 4 is 5.91 Å². The summed E-state index contributed by atoms with van der Waals surface area (Å²) < 4.78 is 16.8. The lowest BCUT2D eigenvalue weighted by atomic mass is 9.70. The van der Waals surface area contributed by atoms with Gasteiger partial charge in [-0.25, -0.2) is 0 Å². The maximum Gasteiger partial charge on any atom is 0.251 e. The molecule has 1 heterocycles. The largest absolute Gasteiger partial charge is 0.497 e. The Morgan fingerprint density at radius 3 is 2.77 bits per heavy atom. The van der Waals surface area contributed by atoms with Crippen molar-refractivity contribution in [2.24, 2.45) is 0 Å². The highest BCUT2D eigenvalue weighted by atomic mass is 16.6. The number of hydrogen-bond donors (Lipinski definition) is 1. The van der Waals surface area contributed by atoms with E-state index in [0.29, 0.717) is 12.2 Å². The van der Waals surface area contributed by atoms with Gasteiger partial charge in [-0.1, -0.05) is 0 Å². The minimum atomic E-state index is -0.321. The minimum absolute atomic E-state index is 0.0288. The molecular formula is C17H23NO4. The van der Waals surface area contributed by atoms with Gasteiger partial charge in [0.15, 0.2) is 0 Å². The van der Waals surface area contributed by atoms with Crippen molar-refractivity contribution in [2.45, 2.75) is 43.9 Å². The molecule has 1 aliphatic carbocycles. The maximum atomic E-state index is 12.4. The van der Waals surface area contributed by atoms with Crippen LogP contribution < -0.4 is 10.1 Å². The summed E-state index contributed by atoms with van der Waals surface area (Å²) in [5.74, 6) is 0.671. The summed E-state index contributed by atoms with van der Waals surface area (Å²) in [6.45, 7) is 3.42. The van der Waals surface area contributed by atoms with E-state index in [0.717, 1.165) is 31.6 Å². The predicted molar refractivity (Wildman–Crippen MR) is 82.2 cm³/mol. The number of methoxy groups -OCH3 is 1. The zero-order valence-electron chi connectivity index (χ0n) is 13.1. The summed E-state index contributed by atoms with van der Waals surface area (Å²) in [4.78, 5) is 12.4. The first-order valence-corrected chi connectivity index (χ1v) is 7.90. The number of nitrogens with one attached hydrogen (secondary N) is 1. The molecule has 1 spiro atoms. The van der Waals surface area contributed by atoms with Crippen LogP contribution in [0.1, 0.15) is 36.5 Å². The molecule has 1 aliphatic heterocycles. The van der Waals surface area contributed by atoms with E-state index >= 15 is 0 Å². The Balaban J connectivity index is 1.66. The fourth-order valence-corrected chi connectivity index (χ4v) is 3.46. The Labute approximate surface area is 130 Å². The summed E-state index contributed by atoms with van der Waals surface area (Å²) in [6, 6.07) is 7.16. The Bertz CT molecular complexity index is 522. The van der Waals surface area contributed by atoms with Gasteiger partial charge >= 0.3 is 0 Å². The van der Waals surface area contributed by atoms with Crippen molar-refractivity contribution in [3.05, 3.63) is 29.8 Å². The molecule has 0 bridgehead atoms. The number of carbonyl (C=O) groups excluding carboxylic acids is 1. The van der Waals surface area contributed by atoms with Crippen LogP contribution in [0.2, 0.25) is 0 Å². The molecule has 0 unspecified atom stereocenters. The molecule has 3 rings (SSSR count). The molecule has 0 radical (unpaired) electrons. The molecule has 2 fully saturated rings. The second-order valence-electron chi connectivity index (χ2n) is 5.84. The summed E-state index contributed by atoms with van der Waals surface area (Å²) in [5, 5.41) is 3.11. The van der Waals surface area contributed by atoms with E-state index in [-0.39, 0.29) is 23.7 Å². The van der Waals surface area contributed by atoms with Crippen LogP contribution in [0, 0.1) is 0 Å². The van der Waals surface area contributed by atoms with Crippen molar-refractivity contribution in [1.29, 1.82) is 0 Å². The highest BCUT2D eigenvalue weighted by Crippen LogP contribution is 2.45. The highest BCUT2D eigenvalue weighted by molar-refractivity contribution is 5.94. The summed E-state index contributed by atoms with van der Waals surface area (Å²) >= 11 is 0. The van der Waals surface area contributed by atoms with Gasteiger partial charge in [-0.3, -0.25) is 4.79 Å². The normalized spacial score (nSPS) is 30.1. The van der Waals surface area contributed by atoms with Crippen molar-refractivity contribution in [2.75, 3.05) is 20.3 Å². The molecule has 0 aromatic heterocycles. The first-order valence-electron chi connectivity index (χ1n) is 7.90. The van der Waals surface area contributed by atoms with Gasteiger partial charge in [-0.2, -0.15) is 0 Å². The molecule has 1 N–H and O–H groups in total. The first kappa shape index (κ1) is 15.3. The van der Waals surface area contributed by atoms with Gasteiger partial charge in [0.05, 0.1) is 19.3 Å². The van der Waals surface area contributed by atoms with Gasteiger partial charge in [0.25, 0.3) is 5.91 Å². The van der Waals surface area contributed by atoms with E-state index in [4.69, 9.17) is 14.2 Å². The monoisotopic (exact) mass is 305 g/mol. The average molecular weight is 305 g/mol. The van der Waals surface area contributed by atoms with Crippen LogP contribution in [0.5, 0.6) is 5.75 Å². The van der Waals surface area contributed by atoms with E-state index in [9.17, 15) is 4.79 Å². The van der Waals surface area contributed by atoms with Gasteiger partial charge in [-0.05, 0) is 50.5 Å². The molecule has 5 nitrogen and oxygen atoms in total. The van der Waals surface area contributed by atoms with Gasteiger partial charge in [0.1, 0.15) is 11.4 Å². The smallest absolute Gasteiger partial charge is 0.251 e. The van der Waals surface area contributed by atoms with Gasteiger partial charge in [0.2, 0.25) is 0 Å². The molecule has 3 atom stereocenters. The molecule has 1 saturated carbocycles. The summed E-state index contributed by atoms with van der Waals surface area (Å²) in [7, 11) is 1.61. The molecular weight excluding hydrogens is 282 g/mol. The molecule has 22 heavy (non-hydrogen) atoms. The molecule has 1 saturated heterocycles. The van der Waals surface area contributed by atoms with Crippen LogP contribution in [-0.2, 0) is 9.47 Å². The van der Waals surface area contributed by atoms with E-state index < -0.39 is 0 Å². The number of benzene rings is 1. The Morgan fingerprint density at radius 2 is 2.18 bits per heavy atom. The SMILES string of the molecule is CCO[C@@H]1C[C@@H](NC(=O)c2ccc(OC)cc2)[C@@]12CCCO2. The van der Waals surface area contributed by atoms with Crippen molar-refractivity contribution < 1.29 is 19.0 Å².